The zero-order valence-corrected chi connectivity index (χ0v) is 16.9. The van der Waals surface area contributed by atoms with Crippen molar-refractivity contribution in [3.63, 3.8) is 0 Å². The third-order valence-corrected chi connectivity index (χ3v) is 4.59. The Kier molecular flexibility index (Phi) is 7.03. The van der Waals surface area contributed by atoms with Crippen molar-refractivity contribution in [1.29, 1.82) is 0 Å². The van der Waals surface area contributed by atoms with E-state index in [1.54, 1.807) is 0 Å². The Bertz CT molecular complexity index is 876. The SMILES string of the molecule is CC(C)Oc1ccc(-c2csc(NC(=O)CCCOc3ccccc3)n2)cc1. The van der Waals surface area contributed by atoms with E-state index in [0.717, 1.165) is 22.8 Å². The number of benzene rings is 2. The summed E-state index contributed by atoms with van der Waals surface area (Å²) in [6, 6.07) is 17.4. The molecule has 3 rings (SSSR count). The van der Waals surface area contributed by atoms with Gasteiger partial charge in [0.1, 0.15) is 11.5 Å². The highest BCUT2D eigenvalue weighted by Gasteiger charge is 2.09. The minimum atomic E-state index is -0.0572. The summed E-state index contributed by atoms with van der Waals surface area (Å²) in [6.45, 7) is 4.50. The van der Waals surface area contributed by atoms with Crippen LogP contribution >= 0.6 is 11.3 Å². The molecule has 0 saturated heterocycles. The molecule has 1 amide bonds. The summed E-state index contributed by atoms with van der Waals surface area (Å²) in [5.41, 5.74) is 1.83. The molecule has 0 bridgehead atoms. The molecule has 1 heterocycles. The summed E-state index contributed by atoms with van der Waals surface area (Å²) < 4.78 is 11.3. The standard InChI is InChI=1S/C22H24N2O3S/c1-16(2)27-19-12-10-17(11-13-19)20-15-28-22(23-20)24-21(25)9-6-14-26-18-7-4-3-5-8-18/h3-5,7-8,10-13,15-16H,6,9,14H2,1-2H3,(H,23,24,25). The van der Waals surface area contributed by atoms with Gasteiger partial charge >= 0.3 is 0 Å². The lowest BCUT2D eigenvalue weighted by molar-refractivity contribution is -0.116. The van der Waals surface area contributed by atoms with Gasteiger partial charge in [-0.1, -0.05) is 18.2 Å². The van der Waals surface area contributed by atoms with E-state index in [0.29, 0.717) is 24.6 Å². The number of amides is 1. The Hall–Kier alpha value is -2.86. The molecule has 1 aromatic heterocycles. The van der Waals surface area contributed by atoms with Gasteiger partial charge in [0.25, 0.3) is 0 Å². The number of carbonyl (C=O) groups excluding carboxylic acids is 1. The molecular formula is C22H24N2O3S. The van der Waals surface area contributed by atoms with Crippen LogP contribution in [0.1, 0.15) is 26.7 Å². The van der Waals surface area contributed by atoms with Gasteiger partial charge in [-0.25, -0.2) is 4.98 Å². The molecule has 146 valence electrons. The normalized spacial score (nSPS) is 10.7. The number of aromatic nitrogens is 1. The van der Waals surface area contributed by atoms with Crippen molar-refractivity contribution in [3.8, 4) is 22.8 Å². The molecule has 0 unspecified atom stereocenters. The van der Waals surface area contributed by atoms with Crippen molar-refractivity contribution in [2.24, 2.45) is 0 Å². The number of anilines is 1. The number of thiazole rings is 1. The molecule has 0 spiro atoms. The highest BCUT2D eigenvalue weighted by atomic mass is 32.1. The van der Waals surface area contributed by atoms with Crippen molar-refractivity contribution in [1.82, 2.24) is 4.98 Å². The monoisotopic (exact) mass is 396 g/mol. The topological polar surface area (TPSA) is 60.5 Å². The molecular weight excluding hydrogens is 372 g/mol. The second-order valence-corrected chi connectivity index (χ2v) is 7.40. The van der Waals surface area contributed by atoms with E-state index in [1.807, 2.05) is 73.8 Å². The maximum absolute atomic E-state index is 12.1. The van der Waals surface area contributed by atoms with Gasteiger partial charge in [0.2, 0.25) is 5.91 Å². The van der Waals surface area contributed by atoms with Crippen LogP contribution < -0.4 is 14.8 Å². The van der Waals surface area contributed by atoms with Crippen molar-refractivity contribution in [3.05, 3.63) is 60.0 Å². The summed E-state index contributed by atoms with van der Waals surface area (Å²) in [5, 5.41) is 5.40. The minimum Gasteiger partial charge on any atom is -0.494 e. The Balaban J connectivity index is 1.45. The largest absolute Gasteiger partial charge is 0.494 e. The van der Waals surface area contributed by atoms with E-state index in [4.69, 9.17) is 9.47 Å². The van der Waals surface area contributed by atoms with E-state index in [2.05, 4.69) is 10.3 Å². The molecule has 0 aliphatic carbocycles. The Morgan fingerprint density at radius 3 is 2.54 bits per heavy atom. The maximum atomic E-state index is 12.1. The maximum Gasteiger partial charge on any atom is 0.226 e. The number of nitrogens with one attached hydrogen (secondary N) is 1. The van der Waals surface area contributed by atoms with Crippen LogP contribution in [0.15, 0.2) is 60.0 Å². The minimum absolute atomic E-state index is 0.0572. The highest BCUT2D eigenvalue weighted by Crippen LogP contribution is 2.27. The van der Waals surface area contributed by atoms with Gasteiger partial charge in [0, 0.05) is 17.4 Å². The fraction of sp³-hybridized carbons (Fsp3) is 0.273. The lowest BCUT2D eigenvalue weighted by atomic mass is 10.2. The predicted octanol–water partition coefficient (Wildman–Crippen LogP) is 5.40. The molecule has 28 heavy (non-hydrogen) atoms. The molecule has 3 aromatic rings. The van der Waals surface area contributed by atoms with E-state index >= 15 is 0 Å². The van der Waals surface area contributed by atoms with Gasteiger partial charge in [-0.05, 0) is 56.7 Å². The summed E-state index contributed by atoms with van der Waals surface area (Å²) in [4.78, 5) is 16.6. The average Bonchev–Trinajstić information content (AvgIpc) is 3.14. The van der Waals surface area contributed by atoms with Crippen molar-refractivity contribution < 1.29 is 14.3 Å². The molecule has 0 saturated carbocycles. The van der Waals surface area contributed by atoms with Crippen LogP contribution in [0.2, 0.25) is 0 Å². The summed E-state index contributed by atoms with van der Waals surface area (Å²) >= 11 is 1.42. The highest BCUT2D eigenvalue weighted by molar-refractivity contribution is 7.14. The van der Waals surface area contributed by atoms with E-state index in [-0.39, 0.29) is 12.0 Å². The van der Waals surface area contributed by atoms with E-state index in [9.17, 15) is 4.79 Å². The second-order valence-electron chi connectivity index (χ2n) is 6.54. The third-order valence-electron chi connectivity index (χ3n) is 3.83. The smallest absolute Gasteiger partial charge is 0.226 e. The molecule has 5 nitrogen and oxygen atoms in total. The number of hydrogen-bond acceptors (Lipinski definition) is 5. The van der Waals surface area contributed by atoms with Crippen molar-refractivity contribution >= 4 is 22.4 Å². The summed E-state index contributed by atoms with van der Waals surface area (Å²) in [6.07, 6.45) is 1.18. The van der Waals surface area contributed by atoms with Crippen molar-refractivity contribution in [2.45, 2.75) is 32.8 Å². The number of hydrogen-bond donors (Lipinski definition) is 1. The summed E-state index contributed by atoms with van der Waals surface area (Å²) in [7, 11) is 0. The Morgan fingerprint density at radius 2 is 1.82 bits per heavy atom. The van der Waals surface area contributed by atoms with Crippen LogP contribution in [0.4, 0.5) is 5.13 Å². The van der Waals surface area contributed by atoms with Crippen LogP contribution in [0.3, 0.4) is 0 Å². The zero-order valence-electron chi connectivity index (χ0n) is 16.1. The second kappa shape index (κ2) is 9.90. The fourth-order valence-electron chi connectivity index (χ4n) is 2.56. The van der Waals surface area contributed by atoms with Gasteiger partial charge in [0.15, 0.2) is 5.13 Å². The Labute approximate surface area is 169 Å². The van der Waals surface area contributed by atoms with Gasteiger partial charge in [0.05, 0.1) is 18.4 Å². The lowest BCUT2D eigenvalue weighted by Gasteiger charge is -2.09. The Morgan fingerprint density at radius 1 is 1.07 bits per heavy atom. The summed E-state index contributed by atoms with van der Waals surface area (Å²) in [5.74, 6) is 1.59. The van der Waals surface area contributed by atoms with Gasteiger partial charge in [-0.3, -0.25) is 4.79 Å². The van der Waals surface area contributed by atoms with Crippen LogP contribution in [-0.2, 0) is 4.79 Å². The molecule has 0 atom stereocenters. The first kappa shape index (κ1) is 19.9. The number of para-hydroxylation sites is 1. The van der Waals surface area contributed by atoms with E-state index in [1.165, 1.54) is 11.3 Å². The molecule has 2 aromatic carbocycles. The first-order valence-electron chi connectivity index (χ1n) is 9.30. The van der Waals surface area contributed by atoms with Gasteiger partial charge in [-0.15, -0.1) is 11.3 Å². The molecule has 0 fully saturated rings. The number of carbonyl (C=O) groups is 1. The molecule has 0 radical (unpaired) electrons. The molecule has 1 N–H and O–H groups in total. The molecule has 6 heteroatoms. The van der Waals surface area contributed by atoms with Crippen LogP contribution in [0.25, 0.3) is 11.3 Å². The quantitative estimate of drug-likeness (QED) is 0.492. The number of ether oxygens (including phenoxy) is 2. The molecule has 0 aliphatic rings. The number of rotatable bonds is 9. The third kappa shape index (κ3) is 6.09. The zero-order chi connectivity index (χ0) is 19.8. The average molecular weight is 397 g/mol. The van der Waals surface area contributed by atoms with Crippen LogP contribution in [0.5, 0.6) is 11.5 Å². The van der Waals surface area contributed by atoms with E-state index < -0.39 is 0 Å². The van der Waals surface area contributed by atoms with Gasteiger partial charge in [-0.2, -0.15) is 0 Å². The first-order valence-corrected chi connectivity index (χ1v) is 10.2. The predicted molar refractivity (Wildman–Crippen MR) is 113 cm³/mol. The van der Waals surface area contributed by atoms with Crippen LogP contribution in [0, 0.1) is 0 Å². The van der Waals surface area contributed by atoms with Crippen molar-refractivity contribution in [2.75, 3.05) is 11.9 Å². The number of nitrogens with zero attached hydrogens (tertiary/aromatic N) is 1. The first-order chi connectivity index (χ1) is 13.6. The van der Waals surface area contributed by atoms with Gasteiger partial charge < -0.3 is 14.8 Å². The molecule has 0 aliphatic heterocycles. The fourth-order valence-corrected chi connectivity index (χ4v) is 3.30. The van der Waals surface area contributed by atoms with Crippen LogP contribution in [-0.4, -0.2) is 23.6 Å². The lowest BCUT2D eigenvalue weighted by Crippen LogP contribution is -2.12.